The van der Waals surface area contributed by atoms with Gasteiger partial charge in [-0.05, 0) is 36.4 Å². The molecule has 0 aliphatic heterocycles. The first-order chi connectivity index (χ1) is 14.9. The second-order valence-corrected chi connectivity index (χ2v) is 13.1. The highest BCUT2D eigenvalue weighted by Gasteiger charge is 2.22. The van der Waals surface area contributed by atoms with Gasteiger partial charge in [0.1, 0.15) is 0 Å². The Bertz CT molecular complexity index is 854. The highest BCUT2D eigenvalue weighted by Crippen LogP contribution is 2.47. The Morgan fingerprint density at radius 3 is 0.968 bits per heavy atom. The zero-order valence-electron chi connectivity index (χ0n) is 19.3. The summed E-state index contributed by atoms with van der Waals surface area (Å²) in [4.78, 5) is 6.41. The Morgan fingerprint density at radius 2 is 0.710 bits per heavy atom. The minimum atomic E-state index is 0.517. The molecule has 0 atom stereocenters. The van der Waals surface area contributed by atoms with Gasteiger partial charge in [0.2, 0.25) is 0 Å². The fraction of sp³-hybridized carbons (Fsp3) is 0.333. The van der Waals surface area contributed by atoms with Gasteiger partial charge in [-0.3, -0.25) is 0 Å². The molecule has 3 aromatic carbocycles. The summed E-state index contributed by atoms with van der Waals surface area (Å²) in [6.07, 6.45) is 0. The third-order valence-electron chi connectivity index (χ3n) is 4.41. The molecule has 0 spiro atoms. The van der Waals surface area contributed by atoms with Crippen LogP contribution in [0.1, 0.15) is 41.5 Å². The van der Waals surface area contributed by atoms with E-state index in [1.807, 2.05) is 35.3 Å². The number of benzene rings is 3. The summed E-state index contributed by atoms with van der Waals surface area (Å²) >= 11 is 5.78. The molecular formula is C27H33NS3. The summed E-state index contributed by atoms with van der Waals surface area (Å²) in [7, 11) is 0. The molecule has 0 aromatic heterocycles. The first-order valence-electron chi connectivity index (χ1n) is 10.9. The van der Waals surface area contributed by atoms with E-state index in [1.165, 1.54) is 31.7 Å². The maximum atomic E-state index is 2.47. The quantitative estimate of drug-likeness (QED) is 0.288. The summed E-state index contributed by atoms with van der Waals surface area (Å²) in [5.74, 6) is 0. The van der Waals surface area contributed by atoms with E-state index < -0.39 is 0 Å². The van der Waals surface area contributed by atoms with Crippen molar-refractivity contribution in [2.75, 3.05) is 4.90 Å². The number of anilines is 3. The Kier molecular flexibility index (Phi) is 8.88. The smallest absolute Gasteiger partial charge is 0.0598 e. The fourth-order valence-corrected chi connectivity index (χ4v) is 6.21. The molecule has 0 unspecified atom stereocenters. The van der Waals surface area contributed by atoms with Crippen LogP contribution in [0.2, 0.25) is 0 Å². The van der Waals surface area contributed by atoms with Crippen LogP contribution in [-0.4, -0.2) is 15.7 Å². The maximum Gasteiger partial charge on any atom is 0.0598 e. The monoisotopic (exact) mass is 467 g/mol. The van der Waals surface area contributed by atoms with Crippen LogP contribution in [-0.2, 0) is 0 Å². The molecule has 3 rings (SSSR count). The Labute approximate surface area is 201 Å². The van der Waals surface area contributed by atoms with Gasteiger partial charge in [-0.2, -0.15) is 0 Å². The third-order valence-corrected chi connectivity index (χ3v) is 7.62. The largest absolute Gasteiger partial charge is 0.307 e. The van der Waals surface area contributed by atoms with Crippen LogP contribution in [0.5, 0.6) is 0 Å². The lowest BCUT2D eigenvalue weighted by Crippen LogP contribution is -2.14. The van der Waals surface area contributed by atoms with Gasteiger partial charge >= 0.3 is 0 Å². The van der Waals surface area contributed by atoms with E-state index in [1.54, 1.807) is 0 Å². The minimum Gasteiger partial charge on any atom is -0.307 e. The van der Waals surface area contributed by atoms with Crippen molar-refractivity contribution in [2.24, 2.45) is 0 Å². The predicted molar refractivity (Wildman–Crippen MR) is 144 cm³/mol. The molecule has 3 aromatic rings. The zero-order valence-corrected chi connectivity index (χ0v) is 21.8. The van der Waals surface area contributed by atoms with Gasteiger partial charge in [0.25, 0.3) is 0 Å². The van der Waals surface area contributed by atoms with Crippen molar-refractivity contribution in [3.8, 4) is 0 Å². The van der Waals surface area contributed by atoms with Gasteiger partial charge < -0.3 is 4.90 Å². The lowest BCUT2D eigenvalue weighted by molar-refractivity contribution is 1.09. The number of hydrogen-bond donors (Lipinski definition) is 0. The Morgan fingerprint density at radius 1 is 0.452 bits per heavy atom. The van der Waals surface area contributed by atoms with Crippen LogP contribution in [0.15, 0.2) is 87.5 Å². The molecule has 0 saturated heterocycles. The Hall–Kier alpha value is -1.49. The van der Waals surface area contributed by atoms with Crippen molar-refractivity contribution in [1.82, 2.24) is 0 Å². The van der Waals surface area contributed by atoms with Gasteiger partial charge in [0.15, 0.2) is 0 Å². The van der Waals surface area contributed by atoms with Gasteiger partial charge in [-0.1, -0.05) is 77.9 Å². The maximum absolute atomic E-state index is 2.47. The highest BCUT2D eigenvalue weighted by molar-refractivity contribution is 8.00. The average molecular weight is 468 g/mol. The molecule has 0 radical (unpaired) electrons. The van der Waals surface area contributed by atoms with E-state index >= 15 is 0 Å². The lowest BCUT2D eigenvalue weighted by atomic mass is 10.2. The number of rotatable bonds is 9. The van der Waals surface area contributed by atoms with Gasteiger partial charge in [-0.25, -0.2) is 0 Å². The van der Waals surface area contributed by atoms with Gasteiger partial charge in [0, 0.05) is 30.4 Å². The molecule has 0 amide bonds. The molecule has 0 fully saturated rings. The molecule has 31 heavy (non-hydrogen) atoms. The topological polar surface area (TPSA) is 3.24 Å². The van der Waals surface area contributed by atoms with Crippen LogP contribution in [0.3, 0.4) is 0 Å². The van der Waals surface area contributed by atoms with Gasteiger partial charge in [-0.15, -0.1) is 35.3 Å². The van der Waals surface area contributed by atoms with E-state index in [-0.39, 0.29) is 0 Å². The summed E-state index contributed by atoms with van der Waals surface area (Å²) in [5.41, 5.74) is 3.74. The summed E-state index contributed by atoms with van der Waals surface area (Å²) in [6.45, 7) is 13.6. The highest BCUT2D eigenvalue weighted by atomic mass is 32.2. The minimum absolute atomic E-state index is 0.517. The molecule has 0 N–H and O–H groups in total. The zero-order chi connectivity index (χ0) is 22.4. The molecule has 164 valence electrons. The SMILES string of the molecule is CC(C)Sc1ccccc1N(c1ccccc1SC(C)C)c1ccccc1SC(C)C. The number of hydrogen-bond acceptors (Lipinski definition) is 4. The average Bonchev–Trinajstić information content (AvgIpc) is 2.70. The molecule has 0 heterocycles. The second kappa shape index (κ2) is 11.4. The van der Waals surface area contributed by atoms with Crippen molar-refractivity contribution in [1.29, 1.82) is 0 Å². The summed E-state index contributed by atoms with van der Waals surface area (Å²) < 4.78 is 0. The van der Waals surface area contributed by atoms with Crippen LogP contribution >= 0.6 is 35.3 Å². The molecule has 0 aliphatic rings. The first-order valence-corrected chi connectivity index (χ1v) is 13.6. The number of para-hydroxylation sites is 3. The molecule has 4 heteroatoms. The van der Waals surface area contributed by atoms with E-state index in [9.17, 15) is 0 Å². The standard InChI is InChI=1S/C27H33NS3/c1-19(2)29-25-16-10-7-13-22(25)28(23-14-8-11-17-26(23)30-20(3)4)24-15-9-12-18-27(24)31-21(5)6/h7-21H,1-6H3. The van der Waals surface area contributed by atoms with Crippen molar-refractivity contribution >= 4 is 52.3 Å². The van der Waals surface area contributed by atoms with Crippen LogP contribution in [0.25, 0.3) is 0 Å². The third kappa shape index (κ3) is 6.50. The summed E-state index contributed by atoms with van der Waals surface area (Å²) in [6, 6.07) is 26.5. The predicted octanol–water partition coefficient (Wildman–Crippen LogP) is 9.66. The second-order valence-electron chi connectivity index (χ2n) is 8.24. The fourth-order valence-electron chi connectivity index (χ4n) is 3.38. The van der Waals surface area contributed by atoms with E-state index in [2.05, 4.69) is 119 Å². The van der Waals surface area contributed by atoms with E-state index in [0.717, 1.165) is 0 Å². The van der Waals surface area contributed by atoms with Crippen LogP contribution < -0.4 is 4.90 Å². The van der Waals surface area contributed by atoms with Crippen molar-refractivity contribution in [2.45, 2.75) is 72.0 Å². The van der Waals surface area contributed by atoms with Crippen molar-refractivity contribution in [3.05, 3.63) is 72.8 Å². The van der Waals surface area contributed by atoms with Crippen molar-refractivity contribution in [3.63, 3.8) is 0 Å². The molecule has 0 bridgehead atoms. The lowest BCUT2D eigenvalue weighted by Gasteiger charge is -2.31. The molecule has 1 nitrogen and oxygen atoms in total. The first kappa shape index (κ1) is 24.2. The van der Waals surface area contributed by atoms with Crippen LogP contribution in [0, 0.1) is 0 Å². The van der Waals surface area contributed by atoms with Gasteiger partial charge in [0.05, 0.1) is 17.1 Å². The van der Waals surface area contributed by atoms with E-state index in [0.29, 0.717) is 15.7 Å². The van der Waals surface area contributed by atoms with Crippen LogP contribution in [0.4, 0.5) is 17.1 Å². The number of nitrogens with zero attached hydrogens (tertiary/aromatic N) is 1. The normalized spacial score (nSPS) is 11.5. The van der Waals surface area contributed by atoms with E-state index in [4.69, 9.17) is 0 Å². The molecule has 0 aliphatic carbocycles. The molecular weight excluding hydrogens is 435 g/mol. The summed E-state index contributed by atoms with van der Waals surface area (Å²) in [5, 5.41) is 1.55. The van der Waals surface area contributed by atoms with Crippen molar-refractivity contribution < 1.29 is 0 Å². The Balaban J connectivity index is 2.26. The number of thioether (sulfide) groups is 3. The molecule has 0 saturated carbocycles.